The number of hydrogen-bond acceptors (Lipinski definition) is 4. The van der Waals surface area contributed by atoms with Crippen LogP contribution in [0.15, 0.2) is 24.3 Å². The number of nitrogens with zero attached hydrogens (tertiary/aromatic N) is 2. The van der Waals surface area contributed by atoms with Gasteiger partial charge in [0.15, 0.2) is 0 Å². The maximum atomic E-state index is 13.0. The van der Waals surface area contributed by atoms with Gasteiger partial charge in [-0.05, 0) is 54.4 Å². The van der Waals surface area contributed by atoms with E-state index < -0.39 is 17.7 Å². The number of likely N-dealkylation sites (tertiary alicyclic amines) is 1. The number of nitrogen functional groups attached to an aromatic ring is 1. The van der Waals surface area contributed by atoms with Crippen LogP contribution in [0.3, 0.4) is 0 Å². The number of carbonyl (C=O) groups excluding carboxylic acids is 3. The van der Waals surface area contributed by atoms with Gasteiger partial charge in [0.2, 0.25) is 5.91 Å². The first-order chi connectivity index (χ1) is 12.0. The van der Waals surface area contributed by atoms with Crippen molar-refractivity contribution < 1.29 is 14.4 Å². The Hall–Kier alpha value is -2.37. The van der Waals surface area contributed by atoms with Crippen molar-refractivity contribution in [2.75, 3.05) is 17.2 Å². The lowest BCUT2D eigenvalue weighted by Crippen LogP contribution is -2.49. The third kappa shape index (κ3) is 3.32. The van der Waals surface area contributed by atoms with Gasteiger partial charge in [-0.15, -0.1) is 0 Å². The molecule has 0 radical (unpaired) electrons. The zero-order chi connectivity index (χ0) is 19.3. The molecule has 1 aromatic rings. The zero-order valence-electron chi connectivity index (χ0n) is 15.9. The Kier molecular flexibility index (Phi) is 4.33. The molecule has 0 spiro atoms. The lowest BCUT2D eigenvalue weighted by Gasteiger charge is -2.39. The fourth-order valence-corrected chi connectivity index (χ4v) is 4.98. The van der Waals surface area contributed by atoms with E-state index in [0.29, 0.717) is 17.9 Å². The molecule has 2 N–H and O–H groups in total. The fraction of sp³-hybridized carbons (Fsp3) is 0.550. The van der Waals surface area contributed by atoms with E-state index in [0.717, 1.165) is 24.2 Å². The van der Waals surface area contributed by atoms with E-state index in [4.69, 9.17) is 5.73 Å². The second-order valence-electron chi connectivity index (χ2n) is 8.90. The van der Waals surface area contributed by atoms with Gasteiger partial charge in [0.05, 0.1) is 5.69 Å². The van der Waals surface area contributed by atoms with Crippen molar-refractivity contribution in [2.24, 2.45) is 10.8 Å². The van der Waals surface area contributed by atoms with Gasteiger partial charge in [-0.2, -0.15) is 0 Å². The van der Waals surface area contributed by atoms with E-state index in [2.05, 4.69) is 20.8 Å². The first-order valence-electron chi connectivity index (χ1n) is 9.03. The van der Waals surface area contributed by atoms with Crippen LogP contribution >= 0.6 is 0 Å². The molecule has 0 aromatic heterocycles. The van der Waals surface area contributed by atoms with Gasteiger partial charge < -0.3 is 10.6 Å². The Morgan fingerprint density at radius 2 is 1.73 bits per heavy atom. The highest BCUT2D eigenvalue weighted by Crippen LogP contribution is 2.52. The zero-order valence-corrected chi connectivity index (χ0v) is 15.9. The third-order valence-electron chi connectivity index (χ3n) is 5.53. The molecule has 3 rings (SSSR count). The molecule has 3 amide bonds. The third-order valence-corrected chi connectivity index (χ3v) is 5.53. The van der Waals surface area contributed by atoms with Gasteiger partial charge in [0.25, 0.3) is 0 Å². The van der Waals surface area contributed by atoms with Crippen LogP contribution in [0.25, 0.3) is 0 Å². The minimum atomic E-state index is -0.795. The predicted octanol–water partition coefficient (Wildman–Crippen LogP) is 2.58. The maximum Gasteiger partial charge on any atom is 0.323 e. The SMILES string of the molecule is CC(=O)N(C(=O)C(=O)N1CC2(C)CC1CC(C)(C)C2)c1ccc(N)cc1. The summed E-state index contributed by atoms with van der Waals surface area (Å²) in [7, 11) is 0. The molecule has 2 fully saturated rings. The van der Waals surface area contributed by atoms with E-state index in [1.165, 1.54) is 6.92 Å². The summed E-state index contributed by atoms with van der Waals surface area (Å²) in [6.45, 7) is 8.46. The van der Waals surface area contributed by atoms with Crippen molar-refractivity contribution in [3.8, 4) is 0 Å². The summed E-state index contributed by atoms with van der Waals surface area (Å²) in [6, 6.07) is 6.43. The molecule has 2 aliphatic rings. The maximum absolute atomic E-state index is 13.0. The van der Waals surface area contributed by atoms with Crippen LogP contribution in [-0.4, -0.2) is 35.2 Å². The fourth-order valence-electron chi connectivity index (χ4n) is 4.98. The normalized spacial score (nSPS) is 26.5. The molecule has 6 heteroatoms. The van der Waals surface area contributed by atoms with Crippen molar-refractivity contribution >= 4 is 29.1 Å². The number of imide groups is 1. The summed E-state index contributed by atoms with van der Waals surface area (Å²) in [4.78, 5) is 40.6. The molecule has 1 aromatic carbocycles. The second kappa shape index (κ2) is 6.11. The Morgan fingerprint density at radius 3 is 2.31 bits per heavy atom. The summed E-state index contributed by atoms with van der Waals surface area (Å²) in [6.07, 6.45) is 2.82. The largest absolute Gasteiger partial charge is 0.399 e. The van der Waals surface area contributed by atoms with Gasteiger partial charge in [-0.25, -0.2) is 4.90 Å². The Balaban J connectivity index is 1.85. The van der Waals surface area contributed by atoms with E-state index >= 15 is 0 Å². The van der Waals surface area contributed by atoms with Crippen LogP contribution in [0.2, 0.25) is 0 Å². The summed E-state index contributed by atoms with van der Waals surface area (Å²) >= 11 is 0. The number of nitrogens with two attached hydrogens (primary N) is 1. The van der Waals surface area contributed by atoms with Crippen LogP contribution in [-0.2, 0) is 14.4 Å². The van der Waals surface area contributed by atoms with Gasteiger partial charge in [-0.3, -0.25) is 14.4 Å². The minimum Gasteiger partial charge on any atom is -0.399 e. The molecule has 1 aliphatic heterocycles. The molecule has 140 valence electrons. The molecular weight excluding hydrogens is 330 g/mol. The predicted molar refractivity (Wildman–Crippen MR) is 100 cm³/mol. The summed E-state index contributed by atoms with van der Waals surface area (Å²) in [5.41, 5.74) is 6.74. The summed E-state index contributed by atoms with van der Waals surface area (Å²) in [5.74, 6) is -1.87. The number of anilines is 2. The van der Waals surface area contributed by atoms with Crippen molar-refractivity contribution in [3.05, 3.63) is 24.3 Å². The number of amides is 3. The Labute approximate surface area is 154 Å². The molecule has 1 saturated carbocycles. The molecule has 1 heterocycles. The Morgan fingerprint density at radius 1 is 1.12 bits per heavy atom. The van der Waals surface area contributed by atoms with Crippen molar-refractivity contribution in [1.82, 2.24) is 4.90 Å². The van der Waals surface area contributed by atoms with Gasteiger partial charge in [0.1, 0.15) is 0 Å². The Bertz CT molecular complexity index is 756. The molecule has 2 atom stereocenters. The standard InChI is InChI=1S/C20H27N3O3/c1-13(24)23(15-7-5-14(21)6-8-15)18(26)17(25)22-12-20(4)10-16(22)9-19(2,3)11-20/h5-8,16H,9-12,21H2,1-4H3. The lowest BCUT2D eigenvalue weighted by atomic mass is 9.65. The first-order valence-corrected chi connectivity index (χ1v) is 9.03. The topological polar surface area (TPSA) is 83.7 Å². The van der Waals surface area contributed by atoms with Crippen LogP contribution < -0.4 is 10.6 Å². The highest BCUT2D eigenvalue weighted by Gasteiger charge is 2.52. The molecule has 6 nitrogen and oxygen atoms in total. The van der Waals surface area contributed by atoms with Crippen molar-refractivity contribution in [2.45, 2.75) is 53.0 Å². The highest BCUT2D eigenvalue weighted by atomic mass is 16.2. The van der Waals surface area contributed by atoms with Crippen molar-refractivity contribution in [3.63, 3.8) is 0 Å². The number of fused-ring (bicyclic) bond motifs is 2. The van der Waals surface area contributed by atoms with Gasteiger partial charge >= 0.3 is 11.8 Å². The first kappa shape index (κ1) is 18.4. The number of rotatable bonds is 1. The second-order valence-corrected chi connectivity index (χ2v) is 8.90. The number of benzene rings is 1. The van der Waals surface area contributed by atoms with Gasteiger partial charge in [0, 0.05) is 25.2 Å². The van der Waals surface area contributed by atoms with Crippen LogP contribution in [0.4, 0.5) is 11.4 Å². The molecule has 1 aliphatic carbocycles. The number of carbonyl (C=O) groups is 3. The molecular formula is C20H27N3O3. The van der Waals surface area contributed by atoms with Crippen molar-refractivity contribution in [1.29, 1.82) is 0 Å². The lowest BCUT2D eigenvalue weighted by molar-refractivity contribution is -0.146. The molecule has 2 bridgehead atoms. The summed E-state index contributed by atoms with van der Waals surface area (Å²) < 4.78 is 0. The average Bonchev–Trinajstić information content (AvgIpc) is 2.77. The van der Waals surface area contributed by atoms with E-state index in [9.17, 15) is 14.4 Å². The molecule has 1 saturated heterocycles. The number of hydrogen-bond donors (Lipinski definition) is 1. The van der Waals surface area contributed by atoms with Gasteiger partial charge in [-0.1, -0.05) is 20.8 Å². The smallest absolute Gasteiger partial charge is 0.323 e. The molecule has 2 unspecified atom stereocenters. The van der Waals surface area contributed by atoms with E-state index in [1.807, 2.05) is 0 Å². The van der Waals surface area contributed by atoms with E-state index in [-0.39, 0.29) is 16.9 Å². The minimum absolute atomic E-state index is 0.0323. The van der Waals surface area contributed by atoms with Crippen LogP contribution in [0, 0.1) is 10.8 Å². The highest BCUT2D eigenvalue weighted by molar-refractivity contribution is 6.45. The molecule has 26 heavy (non-hydrogen) atoms. The van der Waals surface area contributed by atoms with Crippen LogP contribution in [0.5, 0.6) is 0 Å². The monoisotopic (exact) mass is 357 g/mol. The average molecular weight is 357 g/mol. The van der Waals surface area contributed by atoms with E-state index in [1.54, 1.807) is 29.2 Å². The summed E-state index contributed by atoms with van der Waals surface area (Å²) in [5, 5.41) is 0. The quantitative estimate of drug-likeness (QED) is 0.618. The van der Waals surface area contributed by atoms with Crippen LogP contribution in [0.1, 0.15) is 47.0 Å².